The highest BCUT2D eigenvalue weighted by Gasteiger charge is 2.26. The third kappa shape index (κ3) is 2.50. The molecule has 0 bridgehead atoms. The van der Waals surface area contributed by atoms with Crippen LogP contribution in [0.2, 0.25) is 0 Å². The molecule has 1 aliphatic heterocycles. The molecule has 1 atom stereocenters. The van der Waals surface area contributed by atoms with Crippen LogP contribution in [0.25, 0.3) is 0 Å². The van der Waals surface area contributed by atoms with Crippen LogP contribution in [-0.4, -0.2) is 21.0 Å². The van der Waals surface area contributed by atoms with Gasteiger partial charge in [0.05, 0.1) is 11.7 Å². The van der Waals surface area contributed by atoms with E-state index in [1.54, 1.807) is 24.0 Å². The van der Waals surface area contributed by atoms with Crippen LogP contribution >= 0.6 is 0 Å². The average Bonchev–Trinajstić information content (AvgIpc) is 2.90. The second kappa shape index (κ2) is 5.22. The van der Waals surface area contributed by atoms with Gasteiger partial charge in [-0.2, -0.15) is 0 Å². The number of carbonyl (C=O) groups excluding carboxylic acids is 1. The summed E-state index contributed by atoms with van der Waals surface area (Å²) >= 11 is 0. The number of phenols is 1. The smallest absolute Gasteiger partial charge is 0.258 e. The number of aliphatic hydroxyl groups is 1. The maximum atomic E-state index is 12.6. The lowest BCUT2D eigenvalue weighted by atomic mass is 10.1. The van der Waals surface area contributed by atoms with Crippen molar-refractivity contribution in [2.75, 3.05) is 0 Å². The van der Waals surface area contributed by atoms with E-state index in [2.05, 4.69) is 0 Å². The number of aliphatic hydroxyl groups excluding tert-OH is 1. The summed E-state index contributed by atoms with van der Waals surface area (Å²) in [6.45, 7) is 2.73. The van der Waals surface area contributed by atoms with Crippen molar-refractivity contribution in [3.63, 3.8) is 0 Å². The van der Waals surface area contributed by atoms with Crippen LogP contribution < -0.4 is 0 Å². The summed E-state index contributed by atoms with van der Waals surface area (Å²) < 4.78 is 0. The Bertz CT molecular complexity index is 669. The van der Waals surface area contributed by atoms with Crippen LogP contribution in [0.15, 0.2) is 42.5 Å². The Balaban J connectivity index is 1.89. The van der Waals surface area contributed by atoms with E-state index < -0.39 is 6.10 Å². The van der Waals surface area contributed by atoms with E-state index in [1.165, 1.54) is 6.07 Å². The highest BCUT2D eigenvalue weighted by molar-refractivity contribution is 5.97. The molecule has 0 saturated carbocycles. The molecule has 1 unspecified atom stereocenters. The van der Waals surface area contributed by atoms with Crippen LogP contribution in [0.3, 0.4) is 0 Å². The molecule has 1 aliphatic rings. The molecule has 0 saturated heterocycles. The van der Waals surface area contributed by atoms with Crippen molar-refractivity contribution in [1.82, 2.24) is 4.90 Å². The van der Waals surface area contributed by atoms with Gasteiger partial charge >= 0.3 is 0 Å². The van der Waals surface area contributed by atoms with E-state index in [9.17, 15) is 15.0 Å². The van der Waals surface area contributed by atoms with Crippen molar-refractivity contribution < 1.29 is 15.0 Å². The van der Waals surface area contributed by atoms with Crippen LogP contribution in [-0.2, 0) is 13.1 Å². The summed E-state index contributed by atoms with van der Waals surface area (Å²) in [4.78, 5) is 14.3. The van der Waals surface area contributed by atoms with Gasteiger partial charge in [-0.3, -0.25) is 4.79 Å². The SMILES string of the molecule is CC(O)c1ccc(O)c(C(=O)N2Cc3ccccc3C2)c1. The first-order valence-corrected chi connectivity index (χ1v) is 6.93. The lowest BCUT2D eigenvalue weighted by molar-refractivity contribution is 0.0748. The zero-order valence-corrected chi connectivity index (χ0v) is 11.8. The fraction of sp³-hybridized carbons (Fsp3) is 0.235. The van der Waals surface area contributed by atoms with Gasteiger partial charge in [-0.1, -0.05) is 30.3 Å². The van der Waals surface area contributed by atoms with E-state index in [-0.39, 0.29) is 17.2 Å². The van der Waals surface area contributed by atoms with Crippen LogP contribution in [0, 0.1) is 0 Å². The van der Waals surface area contributed by atoms with Gasteiger partial charge < -0.3 is 15.1 Å². The van der Waals surface area contributed by atoms with E-state index in [1.807, 2.05) is 24.3 Å². The summed E-state index contributed by atoms with van der Waals surface area (Å²) in [5.41, 5.74) is 3.13. The highest BCUT2D eigenvalue weighted by Crippen LogP contribution is 2.28. The van der Waals surface area contributed by atoms with E-state index in [4.69, 9.17) is 0 Å². The lowest BCUT2D eigenvalue weighted by Gasteiger charge is -2.17. The average molecular weight is 283 g/mol. The third-order valence-corrected chi connectivity index (χ3v) is 3.86. The highest BCUT2D eigenvalue weighted by atomic mass is 16.3. The molecule has 2 N–H and O–H groups in total. The zero-order chi connectivity index (χ0) is 15.0. The standard InChI is InChI=1S/C17H17NO3/c1-11(19)12-6-7-16(20)15(8-12)17(21)18-9-13-4-2-3-5-14(13)10-18/h2-8,11,19-20H,9-10H2,1H3. The topological polar surface area (TPSA) is 60.8 Å². The Labute approximate surface area is 123 Å². The number of benzene rings is 2. The maximum absolute atomic E-state index is 12.6. The zero-order valence-electron chi connectivity index (χ0n) is 11.8. The largest absolute Gasteiger partial charge is 0.507 e. The fourth-order valence-electron chi connectivity index (χ4n) is 2.63. The first kappa shape index (κ1) is 13.6. The molecular weight excluding hydrogens is 266 g/mol. The quantitative estimate of drug-likeness (QED) is 0.890. The number of rotatable bonds is 2. The van der Waals surface area contributed by atoms with Gasteiger partial charge in [0, 0.05) is 13.1 Å². The molecule has 1 heterocycles. The van der Waals surface area contributed by atoms with Crippen molar-refractivity contribution in [3.05, 3.63) is 64.7 Å². The number of amides is 1. The summed E-state index contributed by atoms with van der Waals surface area (Å²) in [5.74, 6) is -0.272. The van der Waals surface area contributed by atoms with Crippen molar-refractivity contribution in [2.24, 2.45) is 0 Å². The minimum Gasteiger partial charge on any atom is -0.507 e. The Hall–Kier alpha value is -2.33. The molecular formula is C17H17NO3. The number of aromatic hydroxyl groups is 1. The van der Waals surface area contributed by atoms with Crippen LogP contribution in [0.4, 0.5) is 0 Å². The fourth-order valence-corrected chi connectivity index (χ4v) is 2.63. The summed E-state index contributed by atoms with van der Waals surface area (Å²) in [5, 5.41) is 19.6. The van der Waals surface area contributed by atoms with Crippen molar-refractivity contribution >= 4 is 5.91 Å². The summed E-state index contributed by atoms with van der Waals surface area (Å²) in [7, 11) is 0. The predicted molar refractivity (Wildman–Crippen MR) is 78.8 cm³/mol. The number of fused-ring (bicyclic) bond motifs is 1. The minimum atomic E-state index is -0.673. The second-order valence-corrected chi connectivity index (χ2v) is 5.38. The van der Waals surface area contributed by atoms with Gasteiger partial charge in [-0.05, 0) is 35.7 Å². The van der Waals surface area contributed by atoms with Crippen LogP contribution in [0.5, 0.6) is 5.75 Å². The number of nitrogens with zero attached hydrogens (tertiary/aromatic N) is 1. The van der Waals surface area contributed by atoms with Gasteiger partial charge in [-0.25, -0.2) is 0 Å². The summed E-state index contributed by atoms with van der Waals surface area (Å²) in [6, 6.07) is 12.6. The predicted octanol–water partition coefficient (Wildman–Crippen LogP) is 2.60. The minimum absolute atomic E-state index is 0.0552. The van der Waals surface area contributed by atoms with Crippen LogP contribution in [0.1, 0.15) is 40.1 Å². The first-order chi connectivity index (χ1) is 10.1. The number of hydrogen-bond donors (Lipinski definition) is 2. The molecule has 4 nitrogen and oxygen atoms in total. The van der Waals surface area contributed by atoms with E-state index >= 15 is 0 Å². The molecule has 0 radical (unpaired) electrons. The van der Waals surface area contributed by atoms with Gasteiger partial charge in [-0.15, -0.1) is 0 Å². The number of hydrogen-bond acceptors (Lipinski definition) is 3. The number of phenolic OH excluding ortho intramolecular Hbond substituents is 1. The molecule has 0 aromatic heterocycles. The van der Waals surface area contributed by atoms with Gasteiger partial charge in [0.2, 0.25) is 0 Å². The second-order valence-electron chi connectivity index (χ2n) is 5.38. The molecule has 0 spiro atoms. The van der Waals surface area contributed by atoms with E-state index in [0.717, 1.165) is 11.1 Å². The molecule has 21 heavy (non-hydrogen) atoms. The van der Waals surface area contributed by atoms with Crippen molar-refractivity contribution in [1.29, 1.82) is 0 Å². The van der Waals surface area contributed by atoms with Crippen molar-refractivity contribution in [3.8, 4) is 5.75 Å². The molecule has 0 aliphatic carbocycles. The number of carbonyl (C=O) groups is 1. The Morgan fingerprint density at radius 3 is 2.33 bits per heavy atom. The van der Waals surface area contributed by atoms with Gasteiger partial charge in [0.25, 0.3) is 5.91 Å². The lowest BCUT2D eigenvalue weighted by Crippen LogP contribution is -2.25. The Kier molecular flexibility index (Phi) is 3.39. The molecule has 2 aromatic carbocycles. The Morgan fingerprint density at radius 2 is 1.76 bits per heavy atom. The maximum Gasteiger partial charge on any atom is 0.258 e. The Morgan fingerprint density at radius 1 is 1.14 bits per heavy atom. The molecule has 4 heteroatoms. The third-order valence-electron chi connectivity index (χ3n) is 3.86. The van der Waals surface area contributed by atoms with Gasteiger partial charge in [0.1, 0.15) is 5.75 Å². The molecule has 1 amide bonds. The monoisotopic (exact) mass is 283 g/mol. The van der Waals surface area contributed by atoms with Gasteiger partial charge in [0.15, 0.2) is 0 Å². The molecule has 0 fully saturated rings. The van der Waals surface area contributed by atoms with E-state index in [0.29, 0.717) is 18.7 Å². The molecule has 2 aromatic rings. The van der Waals surface area contributed by atoms with Crippen molar-refractivity contribution in [2.45, 2.75) is 26.1 Å². The summed E-state index contributed by atoms with van der Waals surface area (Å²) in [6.07, 6.45) is -0.673. The normalized spacial score (nSPS) is 14.9. The molecule has 3 rings (SSSR count). The molecule has 108 valence electrons. The first-order valence-electron chi connectivity index (χ1n) is 6.93.